The summed E-state index contributed by atoms with van der Waals surface area (Å²) >= 11 is 7.08. The van der Waals surface area contributed by atoms with Crippen molar-refractivity contribution in [2.45, 2.75) is 44.1 Å². The molecule has 102 valence electrons. The first-order chi connectivity index (χ1) is 9.21. The lowest BCUT2D eigenvalue weighted by atomic mass is 9.53. The molecule has 19 heavy (non-hydrogen) atoms. The first kappa shape index (κ1) is 12.1. The molecule has 0 saturated heterocycles. The third kappa shape index (κ3) is 2.27. The van der Waals surface area contributed by atoms with E-state index in [1.54, 1.807) is 17.5 Å². The van der Waals surface area contributed by atoms with E-state index in [1.807, 2.05) is 5.38 Å². The van der Waals surface area contributed by atoms with Crippen molar-refractivity contribution in [1.82, 2.24) is 10.3 Å². The lowest BCUT2D eigenvalue weighted by Gasteiger charge is -2.57. The molecule has 1 aromatic rings. The molecule has 0 aliphatic heterocycles. The lowest BCUT2D eigenvalue weighted by Crippen LogP contribution is -2.60. The minimum absolute atomic E-state index is 0.288. The summed E-state index contributed by atoms with van der Waals surface area (Å²) in [5.41, 5.74) is 0.288. The van der Waals surface area contributed by atoms with Crippen LogP contribution in [0.3, 0.4) is 0 Å². The van der Waals surface area contributed by atoms with Crippen LogP contribution in [0.25, 0.3) is 0 Å². The van der Waals surface area contributed by atoms with E-state index >= 15 is 0 Å². The van der Waals surface area contributed by atoms with E-state index in [-0.39, 0.29) is 5.54 Å². The maximum atomic E-state index is 5.48. The zero-order valence-electron chi connectivity index (χ0n) is 10.9. The van der Waals surface area contributed by atoms with Gasteiger partial charge in [0, 0.05) is 17.1 Å². The average molecular weight is 293 g/mol. The Balaban J connectivity index is 1.46. The second kappa shape index (κ2) is 4.42. The highest BCUT2D eigenvalue weighted by Crippen LogP contribution is 2.55. The molecule has 4 bridgehead atoms. The summed E-state index contributed by atoms with van der Waals surface area (Å²) < 4.78 is 0. The van der Waals surface area contributed by atoms with Crippen molar-refractivity contribution in [3.05, 3.63) is 11.6 Å². The van der Waals surface area contributed by atoms with Crippen LogP contribution < -0.4 is 10.6 Å². The Morgan fingerprint density at radius 2 is 1.84 bits per heavy atom. The van der Waals surface area contributed by atoms with Gasteiger partial charge in [0.2, 0.25) is 0 Å². The van der Waals surface area contributed by atoms with Crippen LogP contribution in [0.15, 0.2) is 11.6 Å². The topological polar surface area (TPSA) is 37.0 Å². The maximum Gasteiger partial charge on any atom is 0.188 e. The van der Waals surface area contributed by atoms with Gasteiger partial charge in [0.1, 0.15) is 0 Å². The molecule has 1 heterocycles. The molecule has 2 N–H and O–H groups in total. The molecular formula is C14H19N3S2. The number of nitrogens with one attached hydrogen (secondary N) is 2. The van der Waals surface area contributed by atoms with E-state index in [0.717, 1.165) is 28.0 Å². The van der Waals surface area contributed by atoms with Crippen molar-refractivity contribution in [2.24, 2.45) is 17.8 Å². The van der Waals surface area contributed by atoms with Crippen molar-refractivity contribution in [3.8, 4) is 0 Å². The quantitative estimate of drug-likeness (QED) is 0.820. The van der Waals surface area contributed by atoms with Gasteiger partial charge in [0.25, 0.3) is 0 Å². The second-order valence-corrected chi connectivity index (χ2v) is 7.92. The first-order valence-electron chi connectivity index (χ1n) is 7.19. The third-order valence-corrected chi connectivity index (χ3v) is 5.96. The first-order valence-corrected chi connectivity index (χ1v) is 8.48. The summed E-state index contributed by atoms with van der Waals surface area (Å²) in [6, 6.07) is 0. The van der Waals surface area contributed by atoms with E-state index in [2.05, 4.69) is 15.6 Å². The third-order valence-electron chi connectivity index (χ3n) is 5.07. The summed E-state index contributed by atoms with van der Waals surface area (Å²) in [5.74, 6) is 2.84. The van der Waals surface area contributed by atoms with Crippen LogP contribution in [-0.2, 0) is 0 Å². The molecule has 0 aromatic carbocycles. The van der Waals surface area contributed by atoms with Gasteiger partial charge >= 0.3 is 0 Å². The molecule has 0 radical (unpaired) electrons. The second-order valence-electron chi connectivity index (χ2n) is 6.61. The number of thiazole rings is 1. The van der Waals surface area contributed by atoms with E-state index in [9.17, 15) is 0 Å². The smallest absolute Gasteiger partial charge is 0.188 e. The van der Waals surface area contributed by atoms with Crippen molar-refractivity contribution in [3.63, 3.8) is 0 Å². The number of nitrogens with zero attached hydrogens (tertiary/aromatic N) is 1. The van der Waals surface area contributed by atoms with Gasteiger partial charge in [-0.15, -0.1) is 11.3 Å². The molecule has 5 rings (SSSR count). The Kier molecular flexibility index (Phi) is 2.81. The number of aromatic nitrogens is 1. The minimum atomic E-state index is 0.288. The Hall–Kier alpha value is -0.680. The van der Waals surface area contributed by atoms with Gasteiger partial charge in [0.05, 0.1) is 0 Å². The summed E-state index contributed by atoms with van der Waals surface area (Å²) in [7, 11) is 0. The fourth-order valence-electron chi connectivity index (χ4n) is 4.92. The summed E-state index contributed by atoms with van der Waals surface area (Å²) in [6.45, 7) is 0. The fourth-order valence-corrected chi connectivity index (χ4v) is 5.83. The van der Waals surface area contributed by atoms with Crippen LogP contribution in [-0.4, -0.2) is 15.6 Å². The maximum absolute atomic E-state index is 5.48. The highest BCUT2D eigenvalue weighted by Gasteiger charge is 2.51. The Morgan fingerprint density at radius 3 is 2.37 bits per heavy atom. The van der Waals surface area contributed by atoms with Crippen LogP contribution in [0, 0.1) is 17.8 Å². The van der Waals surface area contributed by atoms with Gasteiger partial charge in [0.15, 0.2) is 10.2 Å². The number of thiocarbonyl (C=S) groups is 1. The van der Waals surface area contributed by atoms with Gasteiger partial charge in [-0.05, 0) is 68.5 Å². The van der Waals surface area contributed by atoms with Crippen LogP contribution in [0.2, 0.25) is 0 Å². The molecule has 0 atom stereocenters. The minimum Gasteiger partial charge on any atom is -0.357 e. The SMILES string of the molecule is S=C(Nc1nccs1)NC12CC3CC(CC(C3)C1)C2. The van der Waals surface area contributed by atoms with Crippen LogP contribution in [0.1, 0.15) is 38.5 Å². The van der Waals surface area contributed by atoms with E-state index in [0.29, 0.717) is 0 Å². The van der Waals surface area contributed by atoms with Gasteiger partial charge in [-0.1, -0.05) is 0 Å². The molecule has 0 unspecified atom stereocenters. The van der Waals surface area contributed by atoms with Gasteiger partial charge in [-0.3, -0.25) is 0 Å². The predicted octanol–water partition coefficient (Wildman–Crippen LogP) is 3.40. The van der Waals surface area contributed by atoms with Crippen molar-refractivity contribution in [1.29, 1.82) is 0 Å². The monoisotopic (exact) mass is 293 g/mol. The molecule has 4 aliphatic rings. The number of rotatable bonds is 2. The van der Waals surface area contributed by atoms with Crippen LogP contribution in [0.5, 0.6) is 0 Å². The molecule has 4 fully saturated rings. The molecule has 0 spiro atoms. The molecular weight excluding hydrogens is 274 g/mol. The lowest BCUT2D eigenvalue weighted by molar-refractivity contribution is -0.00972. The molecule has 5 heteroatoms. The Bertz CT molecular complexity index is 448. The number of anilines is 1. The standard InChI is InChI=1S/C14H19N3S2/c18-12(16-13-15-1-2-19-13)17-14-6-9-3-10(7-14)5-11(4-9)8-14/h1-2,9-11H,3-8H2,(H2,15,16,17,18). The fraction of sp³-hybridized carbons (Fsp3) is 0.714. The number of hydrogen-bond donors (Lipinski definition) is 2. The molecule has 0 amide bonds. The normalized spacial score (nSPS) is 39.3. The molecule has 3 nitrogen and oxygen atoms in total. The number of hydrogen-bond acceptors (Lipinski definition) is 3. The van der Waals surface area contributed by atoms with Crippen molar-refractivity contribution >= 4 is 33.8 Å². The highest BCUT2D eigenvalue weighted by atomic mass is 32.1. The molecule has 1 aromatic heterocycles. The van der Waals surface area contributed by atoms with Crippen LogP contribution >= 0.6 is 23.6 Å². The summed E-state index contributed by atoms with van der Waals surface area (Å²) in [5, 5.41) is 10.5. The van der Waals surface area contributed by atoms with E-state index < -0.39 is 0 Å². The Labute approximate surface area is 123 Å². The van der Waals surface area contributed by atoms with Crippen molar-refractivity contribution < 1.29 is 0 Å². The zero-order valence-corrected chi connectivity index (χ0v) is 12.5. The van der Waals surface area contributed by atoms with E-state index in [1.165, 1.54) is 38.5 Å². The highest BCUT2D eigenvalue weighted by molar-refractivity contribution is 7.80. The van der Waals surface area contributed by atoms with Gasteiger partial charge < -0.3 is 10.6 Å². The summed E-state index contributed by atoms with van der Waals surface area (Å²) in [4.78, 5) is 4.23. The van der Waals surface area contributed by atoms with Gasteiger partial charge in [-0.25, -0.2) is 4.98 Å². The van der Waals surface area contributed by atoms with Gasteiger partial charge in [-0.2, -0.15) is 0 Å². The molecule has 4 aliphatic carbocycles. The summed E-state index contributed by atoms with van der Waals surface area (Å²) in [6.07, 6.45) is 10.2. The largest absolute Gasteiger partial charge is 0.357 e. The van der Waals surface area contributed by atoms with E-state index in [4.69, 9.17) is 12.2 Å². The Morgan fingerprint density at radius 1 is 1.21 bits per heavy atom. The van der Waals surface area contributed by atoms with Crippen LogP contribution in [0.4, 0.5) is 5.13 Å². The zero-order chi connectivity index (χ0) is 12.9. The van der Waals surface area contributed by atoms with Crippen molar-refractivity contribution in [2.75, 3.05) is 5.32 Å². The predicted molar refractivity (Wildman–Crippen MR) is 82.4 cm³/mol. The average Bonchev–Trinajstić information content (AvgIpc) is 2.78. The molecule has 4 saturated carbocycles.